The summed E-state index contributed by atoms with van der Waals surface area (Å²) in [5.41, 5.74) is 2.76. The second-order valence-electron chi connectivity index (χ2n) is 2.27. The van der Waals surface area contributed by atoms with E-state index in [2.05, 4.69) is 18.3 Å². The largest absolute Gasteiger partial charge is 0.271 e. The third-order valence-corrected chi connectivity index (χ3v) is 2.44. The van der Waals surface area contributed by atoms with Crippen molar-refractivity contribution in [2.75, 3.05) is 11.5 Å². The molecule has 0 aromatic rings. The van der Waals surface area contributed by atoms with Gasteiger partial charge in [-0.25, -0.2) is 0 Å². The fourth-order valence-corrected chi connectivity index (χ4v) is 1.52. The first-order valence-electron chi connectivity index (χ1n) is 3.82. The van der Waals surface area contributed by atoms with E-state index < -0.39 is 0 Å². The van der Waals surface area contributed by atoms with Crippen LogP contribution in [0.2, 0.25) is 0 Å². The molecule has 0 aliphatic heterocycles. The average Bonchev–Trinajstić information content (AvgIpc) is 2.05. The second-order valence-corrected chi connectivity index (χ2v) is 3.58. The summed E-state index contributed by atoms with van der Waals surface area (Å²) in [6.45, 7) is 2.14. The van der Waals surface area contributed by atoms with E-state index in [9.17, 15) is 0 Å². The van der Waals surface area contributed by atoms with Crippen LogP contribution in [-0.4, -0.2) is 17.5 Å². The molecule has 0 saturated heterocycles. The van der Waals surface area contributed by atoms with Gasteiger partial charge in [0.15, 0.2) is 0 Å². The average molecular weight is 172 g/mol. The van der Waals surface area contributed by atoms with Gasteiger partial charge in [0.05, 0.1) is 0 Å². The van der Waals surface area contributed by atoms with Crippen LogP contribution in [0.4, 0.5) is 0 Å². The summed E-state index contributed by atoms with van der Waals surface area (Å²) in [5.74, 6) is 10.1. The van der Waals surface area contributed by atoms with Crippen LogP contribution in [0.5, 0.6) is 0 Å². The van der Waals surface area contributed by atoms with Gasteiger partial charge in [-0.1, -0.05) is 6.92 Å². The third kappa shape index (κ3) is 6.24. The van der Waals surface area contributed by atoms with Gasteiger partial charge in [-0.2, -0.15) is 11.8 Å². The molecule has 2 nitrogen and oxygen atoms in total. The number of hydrogen-bond donors (Lipinski definition) is 2. The lowest BCUT2D eigenvalue weighted by atomic mass is 10.2. The molecule has 3 heteroatoms. The van der Waals surface area contributed by atoms with Crippen molar-refractivity contribution in [1.29, 1.82) is 0 Å². The summed E-state index contributed by atoms with van der Waals surface area (Å²) in [6, 6.07) is 0.371. The molecule has 3 N–H and O–H groups in total. The Kier molecular flexibility index (Phi) is 7.81. The van der Waals surface area contributed by atoms with Gasteiger partial charge >= 0.3 is 0 Å². The Morgan fingerprint density at radius 1 is 1.73 bits per heavy atom. The normalized spacial score (nSPS) is 12.5. The van der Waals surface area contributed by atoms with Crippen LogP contribution in [0.15, 0.2) is 0 Å². The van der Waals surface area contributed by atoms with Gasteiger partial charge in [0.2, 0.25) is 0 Å². The minimum atomic E-state index is 0.371. The van der Waals surface area contributed by atoms with Crippen LogP contribution in [0, 0.1) is 12.3 Å². The number of nitrogens with two attached hydrogens (primary N) is 1. The lowest BCUT2D eigenvalue weighted by Crippen LogP contribution is -2.36. The molecule has 64 valence electrons. The zero-order valence-corrected chi connectivity index (χ0v) is 7.79. The number of rotatable bonds is 6. The molecular formula is C8H16N2S. The minimum absolute atomic E-state index is 0.371. The van der Waals surface area contributed by atoms with E-state index in [1.54, 1.807) is 0 Å². The highest BCUT2D eigenvalue weighted by Gasteiger charge is 2.03. The maximum atomic E-state index is 5.32. The fourth-order valence-electron chi connectivity index (χ4n) is 0.732. The van der Waals surface area contributed by atoms with E-state index in [0.29, 0.717) is 6.04 Å². The summed E-state index contributed by atoms with van der Waals surface area (Å²) in [7, 11) is 0. The van der Waals surface area contributed by atoms with Crippen molar-refractivity contribution >= 4 is 11.8 Å². The predicted octanol–water partition coefficient (Wildman–Crippen LogP) is 0.985. The van der Waals surface area contributed by atoms with Crippen molar-refractivity contribution in [1.82, 2.24) is 5.43 Å². The molecule has 0 bridgehead atoms. The van der Waals surface area contributed by atoms with Gasteiger partial charge in [-0.3, -0.25) is 11.3 Å². The number of hydrazine groups is 1. The van der Waals surface area contributed by atoms with Crippen molar-refractivity contribution in [2.24, 2.45) is 5.84 Å². The Morgan fingerprint density at radius 3 is 2.91 bits per heavy atom. The molecule has 0 aliphatic carbocycles. The molecule has 1 unspecified atom stereocenters. The van der Waals surface area contributed by atoms with Gasteiger partial charge in [0.1, 0.15) is 0 Å². The Labute approximate surface area is 73.3 Å². The van der Waals surface area contributed by atoms with Gasteiger partial charge in [-0.05, 0) is 12.2 Å². The zero-order chi connectivity index (χ0) is 8.53. The first-order valence-corrected chi connectivity index (χ1v) is 4.98. The molecule has 0 heterocycles. The van der Waals surface area contributed by atoms with Crippen molar-refractivity contribution in [3.63, 3.8) is 0 Å². The number of hydrogen-bond acceptors (Lipinski definition) is 3. The second kappa shape index (κ2) is 7.93. The van der Waals surface area contributed by atoms with Gasteiger partial charge in [-0.15, -0.1) is 12.3 Å². The molecule has 0 amide bonds. The number of thioether (sulfide) groups is 1. The lowest BCUT2D eigenvalue weighted by molar-refractivity contribution is 0.547. The van der Waals surface area contributed by atoms with Crippen molar-refractivity contribution in [3.05, 3.63) is 0 Å². The molecule has 0 aromatic carbocycles. The fraction of sp³-hybridized carbons (Fsp3) is 0.750. The van der Waals surface area contributed by atoms with Gasteiger partial charge < -0.3 is 0 Å². The summed E-state index contributed by atoms with van der Waals surface area (Å²) in [6.07, 6.45) is 6.91. The van der Waals surface area contributed by atoms with E-state index in [0.717, 1.165) is 24.3 Å². The third-order valence-electron chi connectivity index (χ3n) is 1.40. The molecule has 0 aliphatic rings. The standard InChI is InChI=1S/C8H16N2S/c1-3-5-6-8(10-9)7-11-4-2/h1,8,10H,4-7,9H2,2H3. The first-order chi connectivity index (χ1) is 5.35. The Balaban J connectivity index is 3.34. The Bertz CT molecular complexity index is 120. The lowest BCUT2D eigenvalue weighted by Gasteiger charge is -2.12. The van der Waals surface area contributed by atoms with Crippen LogP contribution >= 0.6 is 11.8 Å². The van der Waals surface area contributed by atoms with E-state index in [1.807, 2.05) is 11.8 Å². The highest BCUT2D eigenvalue weighted by atomic mass is 32.2. The summed E-state index contributed by atoms with van der Waals surface area (Å²) < 4.78 is 0. The SMILES string of the molecule is C#CCCC(CSCC)NN. The minimum Gasteiger partial charge on any atom is -0.271 e. The van der Waals surface area contributed by atoms with E-state index in [4.69, 9.17) is 12.3 Å². The molecule has 11 heavy (non-hydrogen) atoms. The van der Waals surface area contributed by atoms with E-state index >= 15 is 0 Å². The van der Waals surface area contributed by atoms with Crippen molar-refractivity contribution in [2.45, 2.75) is 25.8 Å². The smallest absolute Gasteiger partial charge is 0.0310 e. The van der Waals surface area contributed by atoms with Gasteiger partial charge in [0.25, 0.3) is 0 Å². The predicted molar refractivity (Wildman–Crippen MR) is 52.2 cm³/mol. The summed E-state index contributed by atoms with van der Waals surface area (Å²) in [4.78, 5) is 0. The molecular weight excluding hydrogens is 156 g/mol. The molecule has 0 rings (SSSR count). The summed E-state index contributed by atoms with van der Waals surface area (Å²) in [5, 5.41) is 0. The Hall–Kier alpha value is -0.170. The maximum Gasteiger partial charge on any atom is 0.0310 e. The van der Waals surface area contributed by atoms with Crippen LogP contribution in [0.3, 0.4) is 0 Å². The molecule has 0 spiro atoms. The molecule has 1 atom stereocenters. The van der Waals surface area contributed by atoms with E-state index in [-0.39, 0.29) is 0 Å². The molecule has 0 radical (unpaired) electrons. The topological polar surface area (TPSA) is 38.0 Å². The van der Waals surface area contributed by atoms with Crippen LogP contribution in [0.25, 0.3) is 0 Å². The molecule has 0 saturated carbocycles. The first kappa shape index (κ1) is 10.8. The monoisotopic (exact) mass is 172 g/mol. The quantitative estimate of drug-likeness (QED) is 0.356. The number of nitrogens with one attached hydrogen (secondary N) is 1. The summed E-state index contributed by atoms with van der Waals surface area (Å²) >= 11 is 1.88. The number of terminal acetylenes is 1. The zero-order valence-electron chi connectivity index (χ0n) is 6.97. The van der Waals surface area contributed by atoms with E-state index in [1.165, 1.54) is 0 Å². The van der Waals surface area contributed by atoms with Crippen molar-refractivity contribution in [3.8, 4) is 12.3 Å². The highest BCUT2D eigenvalue weighted by molar-refractivity contribution is 7.99. The van der Waals surface area contributed by atoms with Crippen molar-refractivity contribution < 1.29 is 0 Å². The molecule has 0 fully saturated rings. The van der Waals surface area contributed by atoms with Crippen LogP contribution < -0.4 is 11.3 Å². The van der Waals surface area contributed by atoms with Crippen LogP contribution in [0.1, 0.15) is 19.8 Å². The van der Waals surface area contributed by atoms with Gasteiger partial charge in [0, 0.05) is 18.2 Å². The molecule has 0 aromatic heterocycles. The highest BCUT2D eigenvalue weighted by Crippen LogP contribution is 2.05. The van der Waals surface area contributed by atoms with Crippen LogP contribution in [-0.2, 0) is 0 Å². The Morgan fingerprint density at radius 2 is 2.45 bits per heavy atom. The maximum absolute atomic E-state index is 5.32.